The summed E-state index contributed by atoms with van der Waals surface area (Å²) in [5, 5.41) is 6.78. The van der Waals surface area contributed by atoms with Gasteiger partial charge in [0.15, 0.2) is 17.5 Å². The fourth-order valence-electron chi connectivity index (χ4n) is 3.26. The number of benzene rings is 1. The van der Waals surface area contributed by atoms with E-state index < -0.39 is 0 Å². The highest BCUT2D eigenvalue weighted by Crippen LogP contribution is 2.32. The van der Waals surface area contributed by atoms with Crippen molar-refractivity contribution in [3.8, 4) is 11.5 Å². The molecule has 0 bridgehead atoms. The first kappa shape index (κ1) is 22.0. The quantitative estimate of drug-likeness (QED) is 0.358. The highest BCUT2D eigenvalue weighted by Gasteiger charge is 2.21. The number of guanidine groups is 1. The Balaban J connectivity index is 0.00000261. The predicted octanol–water partition coefficient (Wildman–Crippen LogP) is 1.38. The van der Waals surface area contributed by atoms with Crippen LogP contribution < -0.4 is 20.1 Å². The Morgan fingerprint density at radius 2 is 2.00 bits per heavy atom. The molecule has 2 aliphatic rings. The SMILES string of the molecule is CCNC(=NCC1CN(C)CCN1C)NCCc1ccc2c(c1)OCO2.I. The Morgan fingerprint density at radius 1 is 1.19 bits per heavy atom. The molecular formula is C19H32IN5O2. The van der Waals surface area contributed by atoms with Crippen LogP contribution in [0.25, 0.3) is 0 Å². The molecule has 0 saturated carbocycles. The molecule has 8 heteroatoms. The zero-order valence-electron chi connectivity index (χ0n) is 16.5. The summed E-state index contributed by atoms with van der Waals surface area (Å²) in [6.45, 7) is 8.20. The summed E-state index contributed by atoms with van der Waals surface area (Å²) in [5.41, 5.74) is 1.23. The third kappa shape index (κ3) is 6.39. The molecule has 0 aromatic heterocycles. The largest absolute Gasteiger partial charge is 0.454 e. The maximum Gasteiger partial charge on any atom is 0.231 e. The van der Waals surface area contributed by atoms with Gasteiger partial charge in [-0.2, -0.15) is 0 Å². The number of hydrogen-bond donors (Lipinski definition) is 2. The Labute approximate surface area is 179 Å². The number of rotatable bonds is 6. The average molecular weight is 489 g/mol. The van der Waals surface area contributed by atoms with Gasteiger partial charge in [-0.15, -0.1) is 24.0 Å². The maximum atomic E-state index is 5.44. The van der Waals surface area contributed by atoms with Gasteiger partial charge in [-0.3, -0.25) is 9.89 Å². The van der Waals surface area contributed by atoms with Gasteiger partial charge in [0.25, 0.3) is 0 Å². The van der Waals surface area contributed by atoms with Crippen LogP contribution in [0.15, 0.2) is 23.2 Å². The number of piperazine rings is 1. The van der Waals surface area contributed by atoms with E-state index in [-0.39, 0.29) is 24.0 Å². The van der Waals surface area contributed by atoms with Crippen LogP contribution in [0.3, 0.4) is 0 Å². The minimum atomic E-state index is 0. The van der Waals surface area contributed by atoms with Gasteiger partial charge in [0, 0.05) is 38.8 Å². The lowest BCUT2D eigenvalue weighted by molar-refractivity contribution is 0.119. The summed E-state index contributed by atoms with van der Waals surface area (Å²) in [6, 6.07) is 6.59. The molecule has 0 amide bonds. The van der Waals surface area contributed by atoms with Gasteiger partial charge >= 0.3 is 0 Å². The highest BCUT2D eigenvalue weighted by molar-refractivity contribution is 14.0. The van der Waals surface area contributed by atoms with Gasteiger partial charge < -0.3 is 25.0 Å². The van der Waals surface area contributed by atoms with Crippen molar-refractivity contribution in [3.05, 3.63) is 23.8 Å². The van der Waals surface area contributed by atoms with E-state index in [4.69, 9.17) is 14.5 Å². The van der Waals surface area contributed by atoms with E-state index in [2.05, 4.69) is 53.6 Å². The summed E-state index contributed by atoms with van der Waals surface area (Å²) >= 11 is 0. The Hall–Kier alpha value is -1.26. The number of nitrogens with one attached hydrogen (secondary N) is 2. The molecule has 152 valence electrons. The molecule has 7 nitrogen and oxygen atoms in total. The van der Waals surface area contributed by atoms with E-state index in [1.165, 1.54) is 5.56 Å². The monoisotopic (exact) mass is 489 g/mol. The first-order chi connectivity index (χ1) is 12.7. The molecule has 1 saturated heterocycles. The molecule has 27 heavy (non-hydrogen) atoms. The highest BCUT2D eigenvalue weighted by atomic mass is 127. The minimum Gasteiger partial charge on any atom is -0.454 e. The molecule has 1 aromatic rings. The first-order valence-corrected chi connectivity index (χ1v) is 9.45. The Bertz CT molecular complexity index is 628. The molecule has 0 spiro atoms. The number of nitrogens with zero attached hydrogens (tertiary/aromatic N) is 3. The van der Waals surface area contributed by atoms with Crippen LogP contribution >= 0.6 is 24.0 Å². The number of fused-ring (bicyclic) bond motifs is 1. The standard InChI is InChI=1S/C19H31N5O2.HI/c1-4-20-19(22-12-16-13-23(2)9-10-24(16)3)21-8-7-15-5-6-17-18(11-15)26-14-25-17;/h5-6,11,16H,4,7-10,12-14H2,1-3H3,(H2,20,21,22);1H. The second-order valence-electron chi connectivity index (χ2n) is 6.98. The third-order valence-electron chi connectivity index (χ3n) is 4.93. The van der Waals surface area contributed by atoms with Gasteiger partial charge in [-0.05, 0) is 45.1 Å². The molecule has 0 radical (unpaired) electrons. The normalized spacial score (nSPS) is 20.3. The number of hydrogen-bond acceptors (Lipinski definition) is 5. The molecule has 3 rings (SSSR count). The van der Waals surface area contributed by atoms with Gasteiger partial charge in [0.05, 0.1) is 6.54 Å². The number of aliphatic imine (C=N–C) groups is 1. The second-order valence-corrected chi connectivity index (χ2v) is 6.98. The van der Waals surface area contributed by atoms with Crippen LogP contribution in [0.2, 0.25) is 0 Å². The lowest BCUT2D eigenvalue weighted by atomic mass is 10.1. The first-order valence-electron chi connectivity index (χ1n) is 9.45. The van der Waals surface area contributed by atoms with Crippen LogP contribution in [0, 0.1) is 0 Å². The molecule has 2 N–H and O–H groups in total. The van der Waals surface area contributed by atoms with E-state index in [9.17, 15) is 0 Å². The van der Waals surface area contributed by atoms with Crippen LogP contribution in [0.4, 0.5) is 0 Å². The van der Waals surface area contributed by atoms with E-state index >= 15 is 0 Å². The Kier molecular flexibility index (Phi) is 8.91. The van der Waals surface area contributed by atoms with Crippen molar-refractivity contribution in [2.45, 2.75) is 19.4 Å². The van der Waals surface area contributed by atoms with Crippen molar-refractivity contribution in [1.82, 2.24) is 20.4 Å². The molecule has 2 aliphatic heterocycles. The van der Waals surface area contributed by atoms with Crippen molar-refractivity contribution in [2.75, 3.05) is 60.2 Å². The lowest BCUT2D eigenvalue weighted by Gasteiger charge is -2.36. The number of likely N-dealkylation sites (N-methyl/N-ethyl adjacent to an activating group) is 2. The number of ether oxygens (including phenoxy) is 2. The lowest BCUT2D eigenvalue weighted by Crippen LogP contribution is -2.51. The second kappa shape index (κ2) is 10.9. The zero-order chi connectivity index (χ0) is 18.4. The fourth-order valence-corrected chi connectivity index (χ4v) is 3.26. The van der Waals surface area contributed by atoms with E-state index in [0.717, 1.165) is 63.1 Å². The number of halogens is 1. The molecule has 1 fully saturated rings. The summed E-state index contributed by atoms with van der Waals surface area (Å²) in [4.78, 5) is 9.57. The van der Waals surface area contributed by atoms with Gasteiger partial charge in [0.2, 0.25) is 6.79 Å². The summed E-state index contributed by atoms with van der Waals surface area (Å²) in [5.74, 6) is 2.56. The van der Waals surface area contributed by atoms with E-state index in [1.807, 2.05) is 6.07 Å². The van der Waals surface area contributed by atoms with Crippen LogP contribution in [0.5, 0.6) is 11.5 Å². The van der Waals surface area contributed by atoms with E-state index in [0.29, 0.717) is 12.8 Å². The topological polar surface area (TPSA) is 61.4 Å². The summed E-state index contributed by atoms with van der Waals surface area (Å²) in [7, 11) is 4.37. The molecule has 0 aliphatic carbocycles. The predicted molar refractivity (Wildman–Crippen MR) is 120 cm³/mol. The summed E-state index contributed by atoms with van der Waals surface area (Å²) < 4.78 is 10.8. The maximum absolute atomic E-state index is 5.44. The van der Waals surface area contributed by atoms with Crippen molar-refractivity contribution in [3.63, 3.8) is 0 Å². The molecule has 1 unspecified atom stereocenters. The van der Waals surface area contributed by atoms with Crippen molar-refractivity contribution >= 4 is 29.9 Å². The van der Waals surface area contributed by atoms with Crippen molar-refractivity contribution in [2.24, 2.45) is 4.99 Å². The van der Waals surface area contributed by atoms with Crippen LogP contribution in [-0.2, 0) is 6.42 Å². The summed E-state index contributed by atoms with van der Waals surface area (Å²) in [6.07, 6.45) is 0.910. The molecule has 2 heterocycles. The fraction of sp³-hybridized carbons (Fsp3) is 0.632. The molecule has 1 aromatic carbocycles. The smallest absolute Gasteiger partial charge is 0.231 e. The molecule has 1 atom stereocenters. The minimum absolute atomic E-state index is 0. The van der Waals surface area contributed by atoms with Gasteiger partial charge in [0.1, 0.15) is 0 Å². The van der Waals surface area contributed by atoms with Crippen molar-refractivity contribution in [1.29, 1.82) is 0 Å². The van der Waals surface area contributed by atoms with Crippen LogP contribution in [0.1, 0.15) is 12.5 Å². The van der Waals surface area contributed by atoms with Gasteiger partial charge in [-0.1, -0.05) is 6.07 Å². The third-order valence-corrected chi connectivity index (χ3v) is 4.93. The van der Waals surface area contributed by atoms with Crippen LogP contribution in [-0.4, -0.2) is 82.0 Å². The van der Waals surface area contributed by atoms with Gasteiger partial charge in [-0.25, -0.2) is 0 Å². The average Bonchev–Trinajstić information content (AvgIpc) is 3.10. The zero-order valence-corrected chi connectivity index (χ0v) is 18.9. The Morgan fingerprint density at radius 3 is 2.81 bits per heavy atom. The van der Waals surface area contributed by atoms with E-state index in [1.54, 1.807) is 0 Å². The van der Waals surface area contributed by atoms with Crippen molar-refractivity contribution < 1.29 is 9.47 Å². The molecular weight excluding hydrogens is 457 g/mol.